The van der Waals surface area contributed by atoms with Crippen molar-refractivity contribution in [1.29, 1.82) is 0 Å². The number of carbonyl (C=O) groups is 1. The predicted molar refractivity (Wildman–Crippen MR) is 122 cm³/mol. The van der Waals surface area contributed by atoms with Crippen molar-refractivity contribution in [3.63, 3.8) is 0 Å². The molecule has 0 unspecified atom stereocenters. The molecule has 0 aromatic heterocycles. The number of anilines is 1. The van der Waals surface area contributed by atoms with E-state index in [9.17, 15) is 13.2 Å². The van der Waals surface area contributed by atoms with E-state index in [1.807, 2.05) is 24.3 Å². The van der Waals surface area contributed by atoms with Crippen molar-refractivity contribution in [3.8, 4) is 11.5 Å². The molecule has 0 fully saturated rings. The van der Waals surface area contributed by atoms with Gasteiger partial charge in [0.1, 0.15) is 11.5 Å². The lowest BCUT2D eigenvalue weighted by molar-refractivity contribution is -0.123. The van der Waals surface area contributed by atoms with Crippen LogP contribution in [0.3, 0.4) is 0 Å². The van der Waals surface area contributed by atoms with Gasteiger partial charge in [0, 0.05) is 22.3 Å². The van der Waals surface area contributed by atoms with Gasteiger partial charge in [0.25, 0.3) is 15.9 Å². The molecule has 1 amide bonds. The van der Waals surface area contributed by atoms with Crippen molar-refractivity contribution in [3.05, 3.63) is 82.8 Å². The van der Waals surface area contributed by atoms with Gasteiger partial charge >= 0.3 is 0 Å². The first-order chi connectivity index (χ1) is 14.9. The molecule has 0 saturated carbocycles. The Hall–Kier alpha value is -3.04. The normalized spacial score (nSPS) is 10.9. The fourth-order valence-corrected chi connectivity index (χ4v) is 4.01. The highest BCUT2D eigenvalue weighted by molar-refractivity contribution is 9.10. The predicted octanol–water partition coefficient (Wildman–Crippen LogP) is 3.95. The highest BCUT2D eigenvalue weighted by Gasteiger charge is 2.14. The maximum atomic E-state index is 12.5. The van der Waals surface area contributed by atoms with E-state index in [4.69, 9.17) is 9.47 Å². The van der Waals surface area contributed by atoms with Crippen LogP contribution < -0.4 is 19.5 Å². The summed E-state index contributed by atoms with van der Waals surface area (Å²) in [5, 5.41) is 2.76. The molecular formula is C22H21BrN2O5S. The van der Waals surface area contributed by atoms with Crippen molar-refractivity contribution in [1.82, 2.24) is 5.32 Å². The number of methoxy groups -OCH3 is 1. The van der Waals surface area contributed by atoms with Crippen LogP contribution in [0, 0.1) is 0 Å². The molecule has 0 heterocycles. The molecule has 0 bridgehead atoms. The number of para-hydroxylation sites is 1. The van der Waals surface area contributed by atoms with Crippen molar-refractivity contribution < 1.29 is 22.7 Å². The average Bonchev–Trinajstić information content (AvgIpc) is 2.78. The summed E-state index contributed by atoms with van der Waals surface area (Å²) in [7, 11) is -2.16. The van der Waals surface area contributed by atoms with Gasteiger partial charge in [-0.1, -0.05) is 34.1 Å². The SMILES string of the molecule is COc1ccccc1CNC(=O)COc1ccc(S(=O)(=O)Nc2ccc(Br)cc2)cc1. The minimum Gasteiger partial charge on any atom is -0.496 e. The molecule has 3 aromatic carbocycles. The van der Waals surface area contributed by atoms with Gasteiger partial charge in [0.2, 0.25) is 0 Å². The van der Waals surface area contributed by atoms with Crippen LogP contribution >= 0.6 is 15.9 Å². The molecule has 0 aliphatic rings. The lowest BCUT2D eigenvalue weighted by Gasteiger charge is -2.11. The number of hydrogen-bond donors (Lipinski definition) is 2. The molecule has 31 heavy (non-hydrogen) atoms. The Kier molecular flexibility index (Phi) is 7.54. The van der Waals surface area contributed by atoms with E-state index >= 15 is 0 Å². The summed E-state index contributed by atoms with van der Waals surface area (Å²) in [6.07, 6.45) is 0. The first-order valence-corrected chi connectivity index (χ1v) is 11.5. The Morgan fingerprint density at radius 2 is 1.65 bits per heavy atom. The Morgan fingerprint density at radius 1 is 0.968 bits per heavy atom. The molecule has 0 aliphatic heterocycles. The number of sulfonamides is 1. The van der Waals surface area contributed by atoms with Crippen molar-refractivity contribution in [2.75, 3.05) is 18.4 Å². The third kappa shape index (κ3) is 6.47. The third-order valence-electron chi connectivity index (χ3n) is 4.27. The zero-order valence-electron chi connectivity index (χ0n) is 16.7. The summed E-state index contributed by atoms with van der Waals surface area (Å²) in [6.45, 7) is 0.115. The highest BCUT2D eigenvalue weighted by Crippen LogP contribution is 2.21. The van der Waals surface area contributed by atoms with E-state index in [1.54, 1.807) is 31.4 Å². The zero-order valence-corrected chi connectivity index (χ0v) is 19.1. The van der Waals surface area contributed by atoms with E-state index < -0.39 is 10.0 Å². The number of rotatable bonds is 9. The standard InChI is InChI=1S/C22H21BrN2O5S/c1-29-21-5-3-2-4-16(21)14-24-22(26)15-30-19-10-12-20(13-11-19)31(27,28)25-18-8-6-17(23)7-9-18/h2-13,25H,14-15H2,1H3,(H,24,26). The van der Waals surface area contributed by atoms with Crippen LogP contribution in [-0.4, -0.2) is 28.0 Å². The Bertz CT molecular complexity index is 1130. The molecule has 3 aromatic rings. The number of ether oxygens (including phenoxy) is 2. The maximum Gasteiger partial charge on any atom is 0.261 e. The molecule has 0 saturated heterocycles. The first-order valence-electron chi connectivity index (χ1n) is 9.27. The van der Waals surface area contributed by atoms with Gasteiger partial charge in [-0.05, 0) is 54.6 Å². The smallest absolute Gasteiger partial charge is 0.261 e. The minimum atomic E-state index is -3.73. The van der Waals surface area contributed by atoms with Gasteiger partial charge in [0.05, 0.1) is 12.0 Å². The second kappa shape index (κ2) is 10.3. The van der Waals surface area contributed by atoms with E-state index in [2.05, 4.69) is 26.0 Å². The molecule has 2 N–H and O–H groups in total. The number of amides is 1. The molecule has 0 spiro atoms. The lowest BCUT2D eigenvalue weighted by atomic mass is 10.2. The van der Waals surface area contributed by atoms with Crippen LogP contribution in [0.15, 0.2) is 82.2 Å². The van der Waals surface area contributed by atoms with Crippen LogP contribution in [0.1, 0.15) is 5.56 Å². The van der Waals surface area contributed by atoms with Crippen molar-refractivity contribution >= 4 is 37.5 Å². The molecule has 7 nitrogen and oxygen atoms in total. The van der Waals surface area contributed by atoms with Gasteiger partial charge in [-0.3, -0.25) is 9.52 Å². The molecule has 9 heteroatoms. The summed E-state index contributed by atoms with van der Waals surface area (Å²) in [5.74, 6) is 0.770. The Balaban J connectivity index is 1.53. The van der Waals surface area contributed by atoms with Crippen LogP contribution in [0.4, 0.5) is 5.69 Å². The van der Waals surface area contributed by atoms with Gasteiger partial charge < -0.3 is 14.8 Å². The van der Waals surface area contributed by atoms with Crippen LogP contribution in [0.2, 0.25) is 0 Å². The third-order valence-corrected chi connectivity index (χ3v) is 6.19. The van der Waals surface area contributed by atoms with Gasteiger partial charge in [-0.25, -0.2) is 8.42 Å². The van der Waals surface area contributed by atoms with E-state index in [0.29, 0.717) is 23.7 Å². The number of hydrogen-bond acceptors (Lipinski definition) is 5. The maximum absolute atomic E-state index is 12.5. The van der Waals surface area contributed by atoms with Crippen LogP contribution in [-0.2, 0) is 21.4 Å². The van der Waals surface area contributed by atoms with Crippen molar-refractivity contribution in [2.45, 2.75) is 11.4 Å². The molecule has 162 valence electrons. The summed E-state index contributed by atoms with van der Waals surface area (Å²) in [5.41, 5.74) is 1.31. The molecule has 3 rings (SSSR count). The second-order valence-corrected chi connectivity index (χ2v) is 9.06. The van der Waals surface area contributed by atoms with Gasteiger partial charge in [-0.2, -0.15) is 0 Å². The van der Waals surface area contributed by atoms with Crippen molar-refractivity contribution in [2.24, 2.45) is 0 Å². The molecule has 0 radical (unpaired) electrons. The number of benzene rings is 3. The molecule has 0 aliphatic carbocycles. The number of nitrogens with one attached hydrogen (secondary N) is 2. The largest absolute Gasteiger partial charge is 0.496 e. The second-order valence-electron chi connectivity index (χ2n) is 6.46. The van der Waals surface area contributed by atoms with Gasteiger partial charge in [0.15, 0.2) is 6.61 Å². The average molecular weight is 505 g/mol. The fraction of sp³-hybridized carbons (Fsp3) is 0.136. The fourth-order valence-electron chi connectivity index (χ4n) is 2.69. The molecular weight excluding hydrogens is 484 g/mol. The summed E-state index contributed by atoms with van der Waals surface area (Å²) < 4.78 is 39.1. The lowest BCUT2D eigenvalue weighted by Crippen LogP contribution is -2.28. The first kappa shape index (κ1) is 22.6. The number of carbonyl (C=O) groups excluding carboxylic acids is 1. The van der Waals surface area contributed by atoms with Crippen LogP contribution in [0.5, 0.6) is 11.5 Å². The molecule has 0 atom stereocenters. The summed E-state index contributed by atoms with van der Waals surface area (Å²) in [4.78, 5) is 12.1. The minimum absolute atomic E-state index is 0.0865. The Morgan fingerprint density at radius 3 is 2.32 bits per heavy atom. The van der Waals surface area contributed by atoms with E-state index in [-0.39, 0.29) is 17.4 Å². The Labute approximate surface area is 189 Å². The van der Waals surface area contributed by atoms with Crippen LogP contribution in [0.25, 0.3) is 0 Å². The summed E-state index contributed by atoms with van der Waals surface area (Å²) >= 11 is 3.31. The van der Waals surface area contributed by atoms with Gasteiger partial charge in [-0.15, -0.1) is 0 Å². The van der Waals surface area contributed by atoms with E-state index in [0.717, 1.165) is 10.0 Å². The monoisotopic (exact) mass is 504 g/mol. The summed E-state index contributed by atoms with van der Waals surface area (Å²) in [6, 6.07) is 20.0. The van der Waals surface area contributed by atoms with E-state index in [1.165, 1.54) is 24.3 Å². The zero-order chi connectivity index (χ0) is 22.3. The number of halogens is 1. The topological polar surface area (TPSA) is 93.7 Å². The quantitative estimate of drug-likeness (QED) is 0.460. The highest BCUT2D eigenvalue weighted by atomic mass is 79.9.